The molecule has 1 aliphatic carbocycles. The van der Waals surface area contributed by atoms with Gasteiger partial charge < -0.3 is 15.4 Å². The molecule has 0 bridgehead atoms. The highest BCUT2D eigenvalue weighted by Crippen LogP contribution is 2.25. The minimum Gasteiger partial charge on any atom is -0.406 e. The van der Waals surface area contributed by atoms with Crippen LogP contribution in [0.25, 0.3) is 17.1 Å². The van der Waals surface area contributed by atoms with Gasteiger partial charge in [-0.05, 0) is 67.0 Å². The normalized spacial score (nSPS) is 15.3. The maximum absolute atomic E-state index is 12.3. The van der Waals surface area contributed by atoms with Gasteiger partial charge in [-0.25, -0.2) is 14.5 Å². The third-order valence-corrected chi connectivity index (χ3v) is 6.18. The van der Waals surface area contributed by atoms with E-state index in [0.717, 1.165) is 36.1 Å². The van der Waals surface area contributed by atoms with Crippen molar-refractivity contribution in [2.24, 2.45) is 11.8 Å². The van der Waals surface area contributed by atoms with Crippen molar-refractivity contribution in [1.29, 1.82) is 0 Å². The lowest BCUT2D eigenvalue weighted by atomic mass is 9.89. The Balaban J connectivity index is 1.23. The Hall–Kier alpha value is -4.08. The van der Waals surface area contributed by atoms with Crippen LogP contribution in [0.2, 0.25) is 0 Å². The van der Waals surface area contributed by atoms with Gasteiger partial charge in [-0.15, -0.1) is 18.3 Å². The van der Waals surface area contributed by atoms with E-state index in [2.05, 4.69) is 51.5 Å². The number of carbonyl (C=O) groups excluding carboxylic acids is 1. The predicted molar refractivity (Wildman–Crippen MR) is 139 cm³/mol. The quantitative estimate of drug-likeness (QED) is 0.327. The molecule has 7 nitrogen and oxygen atoms in total. The second-order valence-corrected chi connectivity index (χ2v) is 9.40. The van der Waals surface area contributed by atoms with E-state index < -0.39 is 6.36 Å². The van der Waals surface area contributed by atoms with Crippen molar-refractivity contribution in [3.63, 3.8) is 0 Å². The zero-order chi connectivity index (χ0) is 27.1. The average Bonchev–Trinajstić information content (AvgIpc) is 3.37. The third kappa shape index (κ3) is 7.71. The molecule has 0 saturated carbocycles. The van der Waals surface area contributed by atoms with Gasteiger partial charge in [0.25, 0.3) is 0 Å². The molecule has 1 unspecified atom stereocenters. The van der Waals surface area contributed by atoms with Crippen molar-refractivity contribution >= 4 is 6.03 Å². The van der Waals surface area contributed by atoms with Gasteiger partial charge in [0, 0.05) is 17.8 Å². The summed E-state index contributed by atoms with van der Waals surface area (Å²) >= 11 is 0. The molecule has 1 aliphatic rings. The molecule has 1 atom stereocenters. The standard InChI is InChI=1S/C28H30F3N5O2/c1-19(2)22-6-3-7-23(17-22)34-27(37)32-16-4-5-20-8-10-21(11-9-20)26-33-18-36(35-26)24-12-14-25(15-13-24)38-28(29,30)31/h3,7-15,17-19,22H,4-6,16H2,1-2H3,(H2,32,34,37). The molecule has 0 spiro atoms. The predicted octanol–water partition coefficient (Wildman–Crippen LogP) is 6.18. The Kier molecular flexibility index (Phi) is 8.50. The van der Waals surface area contributed by atoms with Crippen LogP contribution in [0.15, 0.2) is 78.8 Å². The molecule has 0 saturated heterocycles. The highest BCUT2D eigenvalue weighted by molar-refractivity contribution is 5.76. The van der Waals surface area contributed by atoms with E-state index in [9.17, 15) is 18.0 Å². The number of halogens is 3. The molecule has 2 N–H and O–H groups in total. The number of ether oxygens (including phenoxy) is 1. The first kappa shape index (κ1) is 27.0. The summed E-state index contributed by atoms with van der Waals surface area (Å²) < 4.78 is 42.4. The summed E-state index contributed by atoms with van der Waals surface area (Å²) in [6, 6.07) is 13.0. The van der Waals surface area contributed by atoms with Crippen LogP contribution in [-0.4, -0.2) is 33.7 Å². The van der Waals surface area contributed by atoms with Crippen LogP contribution in [-0.2, 0) is 6.42 Å². The minimum absolute atomic E-state index is 0.204. The molecule has 1 heterocycles. The van der Waals surface area contributed by atoms with E-state index in [0.29, 0.717) is 29.9 Å². The van der Waals surface area contributed by atoms with E-state index >= 15 is 0 Å². The van der Waals surface area contributed by atoms with Gasteiger partial charge in [0.1, 0.15) is 12.1 Å². The molecule has 1 aromatic heterocycles. The van der Waals surface area contributed by atoms with E-state index in [-0.39, 0.29) is 11.8 Å². The minimum atomic E-state index is -4.73. The monoisotopic (exact) mass is 525 g/mol. The number of hydrogen-bond donors (Lipinski definition) is 2. The molecular weight excluding hydrogens is 495 g/mol. The number of benzene rings is 2. The van der Waals surface area contributed by atoms with Crippen molar-refractivity contribution in [3.8, 4) is 22.8 Å². The Labute approximate surface area is 219 Å². The zero-order valence-electron chi connectivity index (χ0n) is 21.2. The van der Waals surface area contributed by atoms with Crippen molar-refractivity contribution in [1.82, 2.24) is 25.4 Å². The fraction of sp³-hybridized carbons (Fsp3) is 0.321. The highest BCUT2D eigenvalue weighted by atomic mass is 19.4. The number of hydrogen-bond acceptors (Lipinski definition) is 4. The van der Waals surface area contributed by atoms with Crippen LogP contribution in [0.1, 0.15) is 32.3 Å². The highest BCUT2D eigenvalue weighted by Gasteiger charge is 2.31. The number of amides is 2. The summed E-state index contributed by atoms with van der Waals surface area (Å²) in [5.74, 6) is 1.17. The van der Waals surface area contributed by atoms with Crippen LogP contribution in [0.4, 0.5) is 18.0 Å². The Morgan fingerprint density at radius 1 is 1.13 bits per heavy atom. The second-order valence-electron chi connectivity index (χ2n) is 9.40. The number of urea groups is 1. The van der Waals surface area contributed by atoms with Gasteiger partial charge in [-0.1, -0.05) is 50.3 Å². The molecule has 0 fully saturated rings. The molecular formula is C28H30F3N5O2. The molecule has 0 radical (unpaired) electrons. The molecule has 2 aromatic carbocycles. The first-order chi connectivity index (χ1) is 18.2. The molecule has 38 heavy (non-hydrogen) atoms. The van der Waals surface area contributed by atoms with Crippen molar-refractivity contribution < 1.29 is 22.7 Å². The van der Waals surface area contributed by atoms with Crippen LogP contribution >= 0.6 is 0 Å². The Morgan fingerprint density at radius 3 is 2.55 bits per heavy atom. The number of rotatable bonds is 9. The smallest absolute Gasteiger partial charge is 0.406 e. The van der Waals surface area contributed by atoms with Gasteiger partial charge in [0.2, 0.25) is 0 Å². The average molecular weight is 526 g/mol. The van der Waals surface area contributed by atoms with Crippen molar-refractivity contribution in [3.05, 3.63) is 84.3 Å². The number of aryl methyl sites for hydroxylation is 1. The third-order valence-electron chi connectivity index (χ3n) is 6.18. The number of allylic oxidation sites excluding steroid dienone is 3. The van der Waals surface area contributed by atoms with E-state index in [1.54, 1.807) is 0 Å². The van der Waals surface area contributed by atoms with Crippen LogP contribution in [0.5, 0.6) is 5.75 Å². The van der Waals surface area contributed by atoms with Gasteiger partial charge in [-0.2, -0.15) is 0 Å². The van der Waals surface area contributed by atoms with E-state index in [4.69, 9.17) is 0 Å². The number of nitrogens with zero attached hydrogens (tertiary/aromatic N) is 3. The summed E-state index contributed by atoms with van der Waals surface area (Å²) in [6.07, 6.45) is 5.51. The SMILES string of the molecule is CC(C)C1C=C(NC(=O)NCCCc2ccc(-c3ncn(-c4ccc(OC(F)(F)F)cc4)n3)cc2)C=CC1. The first-order valence-electron chi connectivity index (χ1n) is 12.5. The number of aromatic nitrogens is 3. The zero-order valence-corrected chi connectivity index (χ0v) is 21.2. The molecule has 4 rings (SSSR count). The maximum Gasteiger partial charge on any atom is 0.573 e. The largest absolute Gasteiger partial charge is 0.573 e. The van der Waals surface area contributed by atoms with Gasteiger partial charge >= 0.3 is 12.4 Å². The molecule has 10 heteroatoms. The lowest BCUT2D eigenvalue weighted by molar-refractivity contribution is -0.274. The first-order valence-corrected chi connectivity index (χ1v) is 12.5. The number of nitrogens with one attached hydrogen (secondary N) is 2. The molecule has 200 valence electrons. The summed E-state index contributed by atoms with van der Waals surface area (Å²) in [7, 11) is 0. The topological polar surface area (TPSA) is 81.1 Å². The Morgan fingerprint density at radius 2 is 1.87 bits per heavy atom. The van der Waals surface area contributed by atoms with Crippen molar-refractivity contribution in [2.75, 3.05) is 6.54 Å². The number of alkyl halides is 3. The van der Waals surface area contributed by atoms with Gasteiger partial charge in [-0.3, -0.25) is 0 Å². The summed E-state index contributed by atoms with van der Waals surface area (Å²) in [5.41, 5.74) is 3.33. The van der Waals surface area contributed by atoms with Gasteiger partial charge in [0.15, 0.2) is 5.82 Å². The summed E-state index contributed by atoms with van der Waals surface area (Å²) in [6.45, 7) is 4.91. The van der Waals surface area contributed by atoms with Crippen LogP contribution < -0.4 is 15.4 Å². The second kappa shape index (κ2) is 12.0. The molecule has 2 amide bonds. The number of carbonyl (C=O) groups is 1. The van der Waals surface area contributed by atoms with Crippen molar-refractivity contribution in [2.45, 2.75) is 39.5 Å². The fourth-order valence-corrected chi connectivity index (χ4v) is 4.06. The van der Waals surface area contributed by atoms with Gasteiger partial charge in [0.05, 0.1) is 5.69 Å². The lowest BCUT2D eigenvalue weighted by Crippen LogP contribution is -2.35. The van der Waals surface area contributed by atoms with Crippen LogP contribution in [0, 0.1) is 11.8 Å². The van der Waals surface area contributed by atoms with E-state index in [1.807, 2.05) is 30.3 Å². The summed E-state index contributed by atoms with van der Waals surface area (Å²) in [5, 5.41) is 10.2. The van der Waals surface area contributed by atoms with Crippen LogP contribution in [0.3, 0.4) is 0 Å². The molecule has 3 aromatic rings. The fourth-order valence-electron chi connectivity index (χ4n) is 4.06. The molecule has 0 aliphatic heterocycles. The lowest BCUT2D eigenvalue weighted by Gasteiger charge is -2.20. The van der Waals surface area contributed by atoms with E-state index in [1.165, 1.54) is 35.3 Å². The maximum atomic E-state index is 12.3. The summed E-state index contributed by atoms with van der Waals surface area (Å²) in [4.78, 5) is 16.5. The Bertz CT molecular complexity index is 1280.